The summed E-state index contributed by atoms with van der Waals surface area (Å²) < 4.78 is 7.31. The summed E-state index contributed by atoms with van der Waals surface area (Å²) in [6, 6.07) is 10.9. The Morgan fingerprint density at radius 1 is 1.22 bits per heavy atom. The number of fused-ring (bicyclic) bond motifs is 3. The molecule has 0 saturated carbocycles. The smallest absolute Gasteiger partial charge is 0.341 e. The summed E-state index contributed by atoms with van der Waals surface area (Å²) in [6.07, 6.45) is 2.68. The Bertz CT molecular complexity index is 880. The Morgan fingerprint density at radius 3 is 2.78 bits per heavy atom. The summed E-state index contributed by atoms with van der Waals surface area (Å²) in [5.74, 6) is -0.343. The zero-order chi connectivity index (χ0) is 16.4. The van der Waals surface area contributed by atoms with Crippen LogP contribution in [0.25, 0.3) is 16.4 Å². The second-order valence-electron chi connectivity index (χ2n) is 5.66. The number of aromatic nitrogens is 1. The molecule has 0 aliphatic rings. The molecule has 0 aliphatic heterocycles. The van der Waals surface area contributed by atoms with Crippen LogP contribution < -0.4 is 0 Å². The monoisotopic (exact) mass is 310 g/mol. The van der Waals surface area contributed by atoms with Gasteiger partial charge in [-0.15, -0.1) is 0 Å². The summed E-state index contributed by atoms with van der Waals surface area (Å²) in [4.78, 5) is 25.5. The van der Waals surface area contributed by atoms with Gasteiger partial charge in [0.1, 0.15) is 12.9 Å². The molecule has 0 aliphatic carbocycles. The van der Waals surface area contributed by atoms with Crippen molar-refractivity contribution >= 4 is 28.7 Å². The van der Waals surface area contributed by atoms with Crippen molar-refractivity contribution in [1.82, 2.24) is 9.30 Å². The lowest BCUT2D eigenvalue weighted by molar-refractivity contribution is 0.0486. The molecule has 0 amide bonds. The summed E-state index contributed by atoms with van der Waals surface area (Å²) in [5, 5.41) is 0.789. The predicted octanol–water partition coefficient (Wildman–Crippen LogP) is 2.62. The number of hydrogen-bond acceptors (Lipinski definition) is 4. The van der Waals surface area contributed by atoms with Crippen LogP contribution >= 0.6 is 0 Å². The number of carbonyl (C=O) groups is 2. The van der Waals surface area contributed by atoms with Crippen LogP contribution in [-0.4, -0.2) is 48.8 Å². The van der Waals surface area contributed by atoms with Crippen molar-refractivity contribution in [2.75, 3.05) is 27.2 Å². The molecule has 3 aromatic rings. The number of carbonyl (C=O) groups excluding carboxylic acids is 2. The molecule has 3 rings (SSSR count). The highest BCUT2D eigenvalue weighted by atomic mass is 16.5. The van der Waals surface area contributed by atoms with Crippen LogP contribution in [0.2, 0.25) is 0 Å². The minimum absolute atomic E-state index is 0.337. The van der Waals surface area contributed by atoms with Gasteiger partial charge >= 0.3 is 5.97 Å². The van der Waals surface area contributed by atoms with Gasteiger partial charge in [-0.05, 0) is 32.3 Å². The van der Waals surface area contributed by atoms with Crippen molar-refractivity contribution in [3.05, 3.63) is 53.7 Å². The van der Waals surface area contributed by atoms with Crippen molar-refractivity contribution < 1.29 is 14.3 Å². The van der Waals surface area contributed by atoms with Gasteiger partial charge in [-0.25, -0.2) is 4.79 Å². The van der Waals surface area contributed by atoms with E-state index >= 15 is 0 Å². The molecule has 0 spiro atoms. The summed E-state index contributed by atoms with van der Waals surface area (Å²) in [7, 11) is 3.86. The van der Waals surface area contributed by atoms with Crippen molar-refractivity contribution in [3.8, 4) is 0 Å². The average Bonchev–Trinajstić information content (AvgIpc) is 2.88. The third-order valence-electron chi connectivity index (χ3n) is 3.78. The molecule has 5 heteroatoms. The quantitative estimate of drug-likeness (QED) is 0.537. The lowest BCUT2D eigenvalue weighted by Crippen LogP contribution is -2.20. The van der Waals surface area contributed by atoms with Gasteiger partial charge in [0.15, 0.2) is 0 Å². The number of nitrogens with zero attached hydrogens (tertiary/aromatic N) is 2. The van der Waals surface area contributed by atoms with E-state index in [2.05, 4.69) is 0 Å². The number of ether oxygens (including phenoxy) is 1. The Labute approximate surface area is 134 Å². The van der Waals surface area contributed by atoms with Crippen LogP contribution in [0.1, 0.15) is 20.7 Å². The second kappa shape index (κ2) is 6.22. The first-order valence-corrected chi connectivity index (χ1v) is 7.41. The van der Waals surface area contributed by atoms with Crippen molar-refractivity contribution in [2.45, 2.75) is 0 Å². The van der Waals surface area contributed by atoms with Crippen molar-refractivity contribution in [3.63, 3.8) is 0 Å². The molecule has 23 heavy (non-hydrogen) atoms. The molecule has 0 N–H and O–H groups in total. The van der Waals surface area contributed by atoms with E-state index in [-0.39, 0.29) is 5.97 Å². The number of likely N-dealkylation sites (N-methyl/N-ethyl adjacent to an activating group) is 1. The zero-order valence-corrected chi connectivity index (χ0v) is 13.2. The minimum atomic E-state index is -0.343. The molecule has 0 bridgehead atoms. The van der Waals surface area contributed by atoms with Gasteiger partial charge in [-0.1, -0.05) is 18.2 Å². The number of benzene rings is 1. The molecule has 0 atom stereocenters. The highest BCUT2D eigenvalue weighted by Gasteiger charge is 2.19. The van der Waals surface area contributed by atoms with E-state index in [1.807, 2.05) is 47.8 Å². The predicted molar refractivity (Wildman–Crippen MR) is 89.1 cm³/mol. The van der Waals surface area contributed by atoms with Crippen LogP contribution in [0.3, 0.4) is 0 Å². The zero-order valence-electron chi connectivity index (χ0n) is 13.2. The van der Waals surface area contributed by atoms with Crippen molar-refractivity contribution in [2.24, 2.45) is 0 Å². The number of esters is 1. The van der Waals surface area contributed by atoms with Gasteiger partial charge in [-0.2, -0.15) is 0 Å². The molecule has 2 heterocycles. The van der Waals surface area contributed by atoms with Crippen LogP contribution in [0.15, 0.2) is 42.6 Å². The van der Waals surface area contributed by atoms with E-state index in [9.17, 15) is 9.59 Å². The largest absolute Gasteiger partial charge is 0.461 e. The van der Waals surface area contributed by atoms with E-state index in [1.54, 1.807) is 18.2 Å². The van der Waals surface area contributed by atoms with Crippen LogP contribution in [0.5, 0.6) is 0 Å². The van der Waals surface area contributed by atoms with Gasteiger partial charge in [0.2, 0.25) is 0 Å². The Balaban J connectivity index is 2.10. The lowest BCUT2D eigenvalue weighted by atomic mass is 10.1. The molecular formula is C18H18N2O3. The molecule has 0 radical (unpaired) electrons. The Hall–Kier alpha value is -2.66. The van der Waals surface area contributed by atoms with Gasteiger partial charge in [0.05, 0.1) is 16.6 Å². The Kier molecular flexibility index (Phi) is 4.12. The SMILES string of the molecule is CN(C)CCOC(=O)c1c2ccc(C=O)cc2n2ccccc12. The van der Waals surface area contributed by atoms with Gasteiger partial charge in [0, 0.05) is 23.7 Å². The molecule has 118 valence electrons. The minimum Gasteiger partial charge on any atom is -0.461 e. The number of rotatable bonds is 5. The van der Waals surface area contributed by atoms with Crippen LogP contribution in [0, 0.1) is 0 Å². The van der Waals surface area contributed by atoms with E-state index in [1.165, 1.54) is 0 Å². The fraction of sp³-hybridized carbons (Fsp3) is 0.222. The highest BCUT2D eigenvalue weighted by Crippen LogP contribution is 2.28. The van der Waals surface area contributed by atoms with Crippen molar-refractivity contribution in [1.29, 1.82) is 0 Å². The van der Waals surface area contributed by atoms with Crippen LogP contribution in [-0.2, 0) is 4.74 Å². The maximum atomic E-state index is 12.5. The van der Waals surface area contributed by atoms with E-state index in [0.717, 1.165) is 22.7 Å². The first kappa shape index (κ1) is 15.2. The van der Waals surface area contributed by atoms with E-state index < -0.39 is 0 Å². The number of hydrogen-bond donors (Lipinski definition) is 0. The molecule has 5 nitrogen and oxygen atoms in total. The normalized spacial score (nSPS) is 11.3. The molecule has 1 aromatic carbocycles. The highest BCUT2D eigenvalue weighted by molar-refractivity contribution is 6.12. The maximum Gasteiger partial charge on any atom is 0.341 e. The fourth-order valence-electron chi connectivity index (χ4n) is 2.64. The third-order valence-corrected chi connectivity index (χ3v) is 3.78. The molecular weight excluding hydrogens is 292 g/mol. The first-order valence-electron chi connectivity index (χ1n) is 7.41. The number of pyridine rings is 1. The van der Waals surface area contributed by atoms with E-state index in [0.29, 0.717) is 24.3 Å². The topological polar surface area (TPSA) is 51.0 Å². The lowest BCUT2D eigenvalue weighted by Gasteiger charge is -2.09. The standard InChI is InChI=1S/C18H18N2O3/c1-19(2)9-10-23-18(22)17-14-7-6-13(12-21)11-16(14)20-8-4-3-5-15(17)20/h3-8,11-12H,9-10H2,1-2H3. The second-order valence-corrected chi connectivity index (χ2v) is 5.66. The number of aldehydes is 1. The van der Waals surface area contributed by atoms with Gasteiger partial charge < -0.3 is 14.0 Å². The molecule has 2 aromatic heterocycles. The molecule has 0 fully saturated rings. The average molecular weight is 310 g/mol. The van der Waals surface area contributed by atoms with Gasteiger partial charge in [0.25, 0.3) is 0 Å². The molecule has 0 saturated heterocycles. The fourth-order valence-corrected chi connectivity index (χ4v) is 2.64. The summed E-state index contributed by atoms with van der Waals surface area (Å²) in [5.41, 5.74) is 2.72. The third kappa shape index (κ3) is 2.83. The first-order chi connectivity index (χ1) is 11.1. The van der Waals surface area contributed by atoms with E-state index in [4.69, 9.17) is 4.74 Å². The summed E-state index contributed by atoms with van der Waals surface area (Å²) >= 11 is 0. The summed E-state index contributed by atoms with van der Waals surface area (Å²) in [6.45, 7) is 1.01. The Morgan fingerprint density at radius 2 is 2.04 bits per heavy atom. The maximum absolute atomic E-state index is 12.5. The van der Waals surface area contributed by atoms with Crippen LogP contribution in [0.4, 0.5) is 0 Å². The molecule has 0 unspecified atom stereocenters. The van der Waals surface area contributed by atoms with Gasteiger partial charge in [-0.3, -0.25) is 4.79 Å².